The third-order valence-corrected chi connectivity index (χ3v) is 4.69. The van der Waals surface area contributed by atoms with Gasteiger partial charge in [0.1, 0.15) is 11.6 Å². The van der Waals surface area contributed by atoms with Crippen molar-refractivity contribution < 1.29 is 18.4 Å². The zero-order valence-electron chi connectivity index (χ0n) is 15.1. The van der Waals surface area contributed by atoms with Gasteiger partial charge in [0, 0.05) is 12.1 Å². The summed E-state index contributed by atoms with van der Waals surface area (Å²) in [6.07, 6.45) is 5.12. The number of nitrogens with zero attached hydrogens (tertiary/aromatic N) is 1. The molecular formula is C20H24FN3O3. The first-order valence-corrected chi connectivity index (χ1v) is 9.21. The molecule has 0 aliphatic carbocycles. The number of piperidine rings is 1. The molecule has 1 aliphatic rings. The van der Waals surface area contributed by atoms with Crippen molar-refractivity contribution in [2.24, 2.45) is 0 Å². The SMILES string of the molecule is O=C(CNC(=O)c1cccc(F)c1)NCC(c1ccco1)N1CCCCC1. The van der Waals surface area contributed by atoms with E-state index in [2.05, 4.69) is 15.5 Å². The van der Waals surface area contributed by atoms with Crippen LogP contribution in [0.15, 0.2) is 47.1 Å². The highest BCUT2D eigenvalue weighted by atomic mass is 19.1. The van der Waals surface area contributed by atoms with Crippen molar-refractivity contribution in [2.45, 2.75) is 25.3 Å². The van der Waals surface area contributed by atoms with E-state index < -0.39 is 11.7 Å². The van der Waals surface area contributed by atoms with Crippen LogP contribution in [-0.4, -0.2) is 42.9 Å². The molecule has 3 rings (SSSR count). The minimum Gasteiger partial charge on any atom is -0.468 e. The molecule has 0 bridgehead atoms. The van der Waals surface area contributed by atoms with Crippen LogP contribution >= 0.6 is 0 Å². The van der Waals surface area contributed by atoms with E-state index in [1.54, 1.807) is 6.26 Å². The summed E-state index contributed by atoms with van der Waals surface area (Å²) in [7, 11) is 0. The largest absolute Gasteiger partial charge is 0.468 e. The number of carbonyl (C=O) groups is 2. The van der Waals surface area contributed by atoms with E-state index in [0.29, 0.717) is 6.54 Å². The maximum atomic E-state index is 13.2. The van der Waals surface area contributed by atoms with E-state index in [9.17, 15) is 14.0 Å². The van der Waals surface area contributed by atoms with Crippen molar-refractivity contribution >= 4 is 11.8 Å². The monoisotopic (exact) mass is 373 g/mol. The summed E-state index contributed by atoms with van der Waals surface area (Å²) in [6.45, 7) is 2.18. The minimum atomic E-state index is -0.491. The van der Waals surface area contributed by atoms with Gasteiger partial charge >= 0.3 is 0 Å². The zero-order valence-corrected chi connectivity index (χ0v) is 15.1. The number of likely N-dealkylation sites (tertiary alicyclic amines) is 1. The van der Waals surface area contributed by atoms with Crippen molar-refractivity contribution in [1.82, 2.24) is 15.5 Å². The van der Waals surface area contributed by atoms with E-state index in [1.165, 1.54) is 24.6 Å². The number of rotatable bonds is 7. The first-order chi connectivity index (χ1) is 13.1. The summed E-state index contributed by atoms with van der Waals surface area (Å²) in [6, 6.07) is 9.08. The van der Waals surface area contributed by atoms with Crippen LogP contribution in [0.2, 0.25) is 0 Å². The third kappa shape index (κ3) is 5.40. The highest BCUT2D eigenvalue weighted by molar-refractivity contribution is 5.96. The van der Waals surface area contributed by atoms with Gasteiger partial charge in [-0.25, -0.2) is 4.39 Å². The molecular weight excluding hydrogens is 349 g/mol. The van der Waals surface area contributed by atoms with Crippen LogP contribution in [0.1, 0.15) is 41.4 Å². The Morgan fingerprint density at radius 1 is 1.11 bits per heavy atom. The summed E-state index contributed by atoms with van der Waals surface area (Å²) in [5.41, 5.74) is 0.185. The summed E-state index contributed by atoms with van der Waals surface area (Å²) in [5, 5.41) is 5.37. The van der Waals surface area contributed by atoms with Crippen molar-refractivity contribution in [3.63, 3.8) is 0 Å². The third-order valence-electron chi connectivity index (χ3n) is 4.69. The van der Waals surface area contributed by atoms with Crippen LogP contribution in [0, 0.1) is 5.82 Å². The van der Waals surface area contributed by atoms with E-state index in [0.717, 1.165) is 37.8 Å². The number of benzene rings is 1. The van der Waals surface area contributed by atoms with Crippen LogP contribution in [0.25, 0.3) is 0 Å². The number of furan rings is 1. The van der Waals surface area contributed by atoms with Gasteiger partial charge in [-0.1, -0.05) is 12.5 Å². The van der Waals surface area contributed by atoms with Gasteiger partial charge < -0.3 is 15.1 Å². The van der Waals surface area contributed by atoms with Crippen LogP contribution < -0.4 is 10.6 Å². The van der Waals surface area contributed by atoms with E-state index in [1.807, 2.05) is 12.1 Å². The van der Waals surface area contributed by atoms with Gasteiger partial charge in [-0.15, -0.1) is 0 Å². The van der Waals surface area contributed by atoms with Crippen molar-refractivity contribution in [2.75, 3.05) is 26.2 Å². The smallest absolute Gasteiger partial charge is 0.251 e. The van der Waals surface area contributed by atoms with Crippen LogP contribution in [0.4, 0.5) is 4.39 Å². The Balaban J connectivity index is 1.51. The minimum absolute atomic E-state index is 0.0248. The van der Waals surface area contributed by atoms with Crippen LogP contribution in [0.5, 0.6) is 0 Å². The molecule has 1 aliphatic heterocycles. The number of nitrogens with one attached hydrogen (secondary N) is 2. The molecule has 144 valence electrons. The van der Waals surface area contributed by atoms with Crippen molar-refractivity contribution in [3.05, 3.63) is 59.8 Å². The predicted octanol–water partition coefficient (Wildman–Crippen LogP) is 2.49. The second kappa shape index (κ2) is 9.32. The van der Waals surface area contributed by atoms with Crippen molar-refractivity contribution in [1.29, 1.82) is 0 Å². The first kappa shape index (κ1) is 19.1. The molecule has 2 aromatic rings. The van der Waals surface area contributed by atoms with Crippen LogP contribution in [0.3, 0.4) is 0 Å². The predicted molar refractivity (Wildman–Crippen MR) is 98.6 cm³/mol. The molecule has 6 nitrogen and oxygen atoms in total. The Kier molecular flexibility index (Phi) is 6.59. The molecule has 1 unspecified atom stereocenters. The first-order valence-electron chi connectivity index (χ1n) is 9.21. The molecule has 7 heteroatoms. The lowest BCUT2D eigenvalue weighted by Gasteiger charge is -2.33. The summed E-state index contributed by atoms with van der Waals surface area (Å²) >= 11 is 0. The quantitative estimate of drug-likeness (QED) is 0.782. The maximum Gasteiger partial charge on any atom is 0.251 e. The van der Waals surface area contributed by atoms with Gasteiger partial charge in [0.15, 0.2) is 0 Å². The average Bonchev–Trinajstić information content (AvgIpc) is 3.21. The summed E-state index contributed by atoms with van der Waals surface area (Å²) < 4.78 is 18.7. The fourth-order valence-electron chi connectivity index (χ4n) is 3.29. The Bertz CT molecular complexity index is 758. The van der Waals surface area contributed by atoms with Crippen molar-refractivity contribution in [3.8, 4) is 0 Å². The molecule has 0 radical (unpaired) electrons. The molecule has 0 saturated carbocycles. The zero-order chi connectivity index (χ0) is 19.1. The normalized spacial score (nSPS) is 15.9. The Labute approximate surface area is 157 Å². The summed E-state index contributed by atoms with van der Waals surface area (Å²) in [5.74, 6) is -0.451. The summed E-state index contributed by atoms with van der Waals surface area (Å²) in [4.78, 5) is 26.5. The molecule has 1 aromatic heterocycles. The van der Waals surface area contributed by atoms with Gasteiger partial charge in [0.2, 0.25) is 5.91 Å². The molecule has 2 amide bonds. The molecule has 1 aromatic carbocycles. The molecule has 2 heterocycles. The average molecular weight is 373 g/mol. The standard InChI is InChI=1S/C20H24FN3O3/c21-16-7-4-6-15(12-16)20(26)23-14-19(25)22-13-17(18-8-5-11-27-18)24-9-2-1-3-10-24/h4-8,11-12,17H,1-3,9-10,13-14H2,(H,22,25)(H,23,26). The lowest BCUT2D eigenvalue weighted by atomic mass is 10.1. The van der Waals surface area contributed by atoms with Crippen LogP contribution in [-0.2, 0) is 4.79 Å². The van der Waals surface area contributed by atoms with Gasteiger partial charge in [0.25, 0.3) is 5.91 Å². The maximum absolute atomic E-state index is 13.2. The molecule has 27 heavy (non-hydrogen) atoms. The Morgan fingerprint density at radius 2 is 1.93 bits per heavy atom. The highest BCUT2D eigenvalue weighted by Gasteiger charge is 2.24. The van der Waals surface area contributed by atoms with E-state index in [4.69, 9.17) is 4.42 Å². The lowest BCUT2D eigenvalue weighted by molar-refractivity contribution is -0.120. The fraction of sp³-hybridized carbons (Fsp3) is 0.400. The van der Waals surface area contributed by atoms with Gasteiger partial charge in [-0.2, -0.15) is 0 Å². The van der Waals surface area contributed by atoms with Gasteiger partial charge in [-0.3, -0.25) is 14.5 Å². The van der Waals surface area contributed by atoms with Gasteiger partial charge in [-0.05, 0) is 56.3 Å². The number of halogens is 1. The highest BCUT2D eigenvalue weighted by Crippen LogP contribution is 2.24. The number of hydrogen-bond acceptors (Lipinski definition) is 4. The topological polar surface area (TPSA) is 74.6 Å². The molecule has 1 fully saturated rings. The second-order valence-corrected chi connectivity index (χ2v) is 6.62. The molecule has 0 spiro atoms. The van der Waals surface area contributed by atoms with Gasteiger partial charge in [0.05, 0.1) is 18.8 Å². The van der Waals surface area contributed by atoms with E-state index in [-0.39, 0.29) is 24.1 Å². The molecule has 2 N–H and O–H groups in total. The second-order valence-electron chi connectivity index (χ2n) is 6.62. The number of amides is 2. The molecule has 1 atom stereocenters. The molecule has 1 saturated heterocycles. The number of carbonyl (C=O) groups excluding carboxylic acids is 2. The Morgan fingerprint density at radius 3 is 2.63 bits per heavy atom. The van der Waals surface area contributed by atoms with E-state index >= 15 is 0 Å². The fourth-order valence-corrected chi connectivity index (χ4v) is 3.29. The lowest BCUT2D eigenvalue weighted by Crippen LogP contribution is -2.43. The number of hydrogen-bond donors (Lipinski definition) is 2. The Hall–Kier alpha value is -2.67.